The molecule has 1 heterocycles. The Labute approximate surface area is 129 Å². The Morgan fingerprint density at radius 2 is 2.13 bits per heavy atom. The monoisotopic (exact) mass is 353 g/mol. The van der Waals surface area contributed by atoms with Crippen LogP contribution in [-0.2, 0) is 9.30 Å². The number of hydrogen-bond donors (Lipinski definition) is 6. The summed E-state index contributed by atoms with van der Waals surface area (Å²) in [6.45, 7) is 0. The second-order valence-electron chi connectivity index (χ2n) is 4.31. The number of aromatic nitrogens is 2. The van der Waals surface area contributed by atoms with Crippen LogP contribution in [0.1, 0.15) is 6.30 Å². The zero-order chi connectivity index (χ0) is 17.6. The molecule has 0 aromatic carbocycles. The number of nitrogens with two attached hydrogens (primary N) is 1. The van der Waals surface area contributed by atoms with Crippen molar-refractivity contribution in [2.45, 2.75) is 18.5 Å². The van der Waals surface area contributed by atoms with Crippen molar-refractivity contribution in [1.82, 2.24) is 20.1 Å². The minimum atomic E-state index is -3.89. The molecular weight excluding hydrogens is 336 g/mol. The summed E-state index contributed by atoms with van der Waals surface area (Å²) in [5.41, 5.74) is 4.26. The molecular formula is C10H17FN5O6P. The molecule has 0 saturated carbocycles. The summed E-state index contributed by atoms with van der Waals surface area (Å²) >= 11 is 0. The van der Waals surface area contributed by atoms with Gasteiger partial charge in [-0.3, -0.25) is 9.13 Å². The van der Waals surface area contributed by atoms with Crippen LogP contribution in [0.25, 0.3) is 0 Å². The number of hydrogen-bond acceptors (Lipinski definition) is 8. The van der Waals surface area contributed by atoms with Crippen molar-refractivity contribution in [2.24, 2.45) is 0 Å². The summed E-state index contributed by atoms with van der Waals surface area (Å²) < 4.78 is 31.2. The number of alkyl halides is 1. The molecule has 11 nitrogen and oxygen atoms in total. The molecule has 1 aromatic rings. The van der Waals surface area contributed by atoms with Gasteiger partial charge < -0.3 is 26.0 Å². The fourth-order valence-electron chi connectivity index (χ4n) is 1.56. The van der Waals surface area contributed by atoms with Gasteiger partial charge in [0.05, 0.1) is 0 Å². The van der Waals surface area contributed by atoms with E-state index < -0.39 is 31.6 Å². The van der Waals surface area contributed by atoms with Crippen molar-refractivity contribution < 1.29 is 29.2 Å². The van der Waals surface area contributed by atoms with Crippen molar-refractivity contribution >= 4 is 13.3 Å². The first-order chi connectivity index (χ1) is 10.8. The van der Waals surface area contributed by atoms with Crippen molar-refractivity contribution in [3.63, 3.8) is 0 Å². The molecule has 7 N–H and O–H groups in total. The Morgan fingerprint density at radius 1 is 1.52 bits per heavy atom. The van der Waals surface area contributed by atoms with E-state index in [4.69, 9.17) is 20.9 Å². The van der Waals surface area contributed by atoms with Crippen LogP contribution in [0, 0.1) is 0 Å². The van der Waals surface area contributed by atoms with Crippen LogP contribution >= 0.6 is 7.44 Å². The van der Waals surface area contributed by atoms with Gasteiger partial charge in [-0.2, -0.15) is 4.98 Å². The largest absolute Gasteiger partial charge is 0.385 e. The van der Waals surface area contributed by atoms with E-state index in [-0.39, 0.29) is 5.82 Å². The molecule has 0 fully saturated rings. The maximum absolute atomic E-state index is 14.3. The summed E-state index contributed by atoms with van der Waals surface area (Å²) in [6.07, 6.45) is -3.55. The van der Waals surface area contributed by atoms with Gasteiger partial charge in [0, 0.05) is 19.1 Å². The number of rotatable bonds is 8. The number of aliphatic hydroxyl groups is 1. The maximum atomic E-state index is 14.3. The van der Waals surface area contributed by atoms with Crippen LogP contribution in [-0.4, -0.2) is 44.4 Å². The molecule has 3 atom stereocenters. The number of nitrogens with one attached hydrogen (secondary N) is 2. The Hall–Kier alpha value is -1.66. The molecule has 1 aromatic heterocycles. The summed E-state index contributed by atoms with van der Waals surface area (Å²) in [4.78, 5) is 14.9. The summed E-state index contributed by atoms with van der Waals surface area (Å²) in [7, 11) is -2.76. The summed E-state index contributed by atoms with van der Waals surface area (Å²) in [5, 5.41) is 29.8. The first-order valence-corrected chi connectivity index (χ1v) is 7.87. The van der Waals surface area contributed by atoms with Crippen LogP contribution in [0.5, 0.6) is 0 Å². The number of nitrogen functional groups attached to an aromatic ring is 1. The second-order valence-corrected chi connectivity index (χ2v) is 6.32. The fraction of sp³-hybridized carbons (Fsp3) is 0.400. The molecule has 0 bridgehead atoms. The highest BCUT2D eigenvalue weighted by Gasteiger charge is 2.29. The average Bonchev–Trinajstić information content (AvgIpc) is 2.54. The van der Waals surface area contributed by atoms with Crippen LogP contribution in [0.4, 0.5) is 10.2 Å². The zero-order valence-corrected chi connectivity index (χ0v) is 12.8. The van der Waals surface area contributed by atoms with Gasteiger partial charge in [0.2, 0.25) is 6.30 Å². The predicted molar refractivity (Wildman–Crippen MR) is 76.4 cm³/mol. The highest BCUT2D eigenvalue weighted by Crippen LogP contribution is 2.36. The molecule has 0 aliphatic heterocycles. The van der Waals surface area contributed by atoms with Gasteiger partial charge in [-0.1, -0.05) is 0 Å². The van der Waals surface area contributed by atoms with E-state index in [1.54, 1.807) is 0 Å². The lowest BCUT2D eigenvalue weighted by Crippen LogP contribution is -2.38. The third kappa shape index (κ3) is 4.91. The molecule has 23 heavy (non-hydrogen) atoms. The van der Waals surface area contributed by atoms with E-state index in [1.807, 2.05) is 0 Å². The summed E-state index contributed by atoms with van der Waals surface area (Å²) in [6, 6.07) is 1.16. The minimum absolute atomic E-state index is 0.111. The van der Waals surface area contributed by atoms with E-state index in [0.29, 0.717) is 4.57 Å². The normalized spacial score (nSPS) is 16.4. The first kappa shape index (κ1) is 19.4. The van der Waals surface area contributed by atoms with Gasteiger partial charge in [0.1, 0.15) is 18.0 Å². The molecule has 0 radical (unpaired) electrons. The number of anilines is 1. The van der Waals surface area contributed by atoms with Gasteiger partial charge >= 0.3 is 5.69 Å². The third-order valence-electron chi connectivity index (χ3n) is 2.79. The molecule has 0 aliphatic carbocycles. The van der Waals surface area contributed by atoms with E-state index in [2.05, 4.69) is 4.98 Å². The molecule has 0 unspecified atom stereocenters. The van der Waals surface area contributed by atoms with E-state index in [9.17, 15) is 18.9 Å². The molecule has 13 heteroatoms. The average molecular weight is 353 g/mol. The van der Waals surface area contributed by atoms with Gasteiger partial charge in [-0.05, 0) is 12.1 Å². The molecule has 1 rings (SSSR count). The summed E-state index contributed by atoms with van der Waals surface area (Å²) in [5.74, 6) is 0.640. The first-order valence-electron chi connectivity index (χ1n) is 6.09. The topological polar surface area (TPSA) is 172 Å². The number of methoxy groups -OCH3 is 1. The number of nitrogens with zero attached hydrogens (tertiary/aromatic N) is 2. The molecule has 0 amide bonds. The smallest absolute Gasteiger partial charge is 0.351 e. The standard InChI is InChI=1S/C10H17FN5O6P/c1-22-6(3-5-23(21,14-19)15-20)8(17)9(11)16-4-2-7(12)13-10(16)18/h2-6,8-9,17,19-20H,1H3,(H2,12,13,18)(H2,14,15,21)/b5-3+/t6-,8-,9+/m1/s1. The molecule has 0 aliphatic rings. The fourth-order valence-corrected chi connectivity index (χ4v) is 2.15. The van der Waals surface area contributed by atoms with Crippen LogP contribution < -0.4 is 21.9 Å². The lowest BCUT2D eigenvalue weighted by atomic mass is 10.2. The second kappa shape index (κ2) is 8.26. The predicted octanol–water partition coefficient (Wildman–Crippen LogP) is -0.666. The lowest BCUT2D eigenvalue weighted by Gasteiger charge is -2.23. The SMILES string of the molecule is CO[C@H](/C=C/P(=O)(NO)NO)[C@@H](O)[C@@H](F)n1ccc(N)nc1=O. The zero-order valence-electron chi connectivity index (χ0n) is 11.9. The Kier molecular flexibility index (Phi) is 6.97. The number of ether oxygens (including phenoxy) is 1. The highest BCUT2D eigenvalue weighted by atomic mass is 31.2. The lowest BCUT2D eigenvalue weighted by molar-refractivity contribution is -0.0527. The van der Waals surface area contributed by atoms with E-state index >= 15 is 0 Å². The van der Waals surface area contributed by atoms with E-state index in [0.717, 1.165) is 31.3 Å². The third-order valence-corrected chi connectivity index (χ3v) is 3.98. The van der Waals surface area contributed by atoms with Crippen molar-refractivity contribution in [3.8, 4) is 0 Å². The van der Waals surface area contributed by atoms with Gasteiger partial charge in [-0.15, -0.1) is 10.5 Å². The van der Waals surface area contributed by atoms with Gasteiger partial charge in [-0.25, -0.2) is 9.18 Å². The van der Waals surface area contributed by atoms with Crippen molar-refractivity contribution in [3.05, 3.63) is 34.6 Å². The molecule has 0 saturated heterocycles. The minimum Gasteiger partial charge on any atom is -0.385 e. The highest BCUT2D eigenvalue weighted by molar-refractivity contribution is 7.62. The Morgan fingerprint density at radius 3 is 2.61 bits per heavy atom. The number of halogens is 1. The van der Waals surface area contributed by atoms with Gasteiger partial charge in [0.25, 0.3) is 7.44 Å². The van der Waals surface area contributed by atoms with Crippen molar-refractivity contribution in [1.29, 1.82) is 0 Å². The number of aliphatic hydroxyl groups excluding tert-OH is 1. The Bertz CT molecular complexity index is 647. The molecule has 130 valence electrons. The van der Waals surface area contributed by atoms with Crippen LogP contribution in [0.3, 0.4) is 0 Å². The van der Waals surface area contributed by atoms with Crippen molar-refractivity contribution in [2.75, 3.05) is 12.8 Å². The van der Waals surface area contributed by atoms with Crippen LogP contribution in [0.2, 0.25) is 0 Å². The quantitative estimate of drug-likeness (QED) is 0.260. The van der Waals surface area contributed by atoms with Crippen LogP contribution in [0.15, 0.2) is 29.0 Å². The van der Waals surface area contributed by atoms with E-state index in [1.165, 1.54) is 10.5 Å². The molecule has 0 spiro atoms. The maximum Gasteiger partial charge on any atom is 0.351 e. The Balaban J connectivity index is 2.99. The van der Waals surface area contributed by atoms with Gasteiger partial charge in [0.15, 0.2) is 0 Å².